The largest absolute Gasteiger partial charge is 0.689 e. The van der Waals surface area contributed by atoms with Gasteiger partial charge in [-0.15, -0.1) is 0 Å². The molecule has 0 fully saturated rings. The van der Waals surface area contributed by atoms with Gasteiger partial charge in [0.15, 0.2) is 0 Å². The van der Waals surface area contributed by atoms with Gasteiger partial charge in [-0.2, -0.15) is 13.2 Å². The van der Waals surface area contributed by atoms with E-state index in [1.54, 1.807) is 0 Å². The van der Waals surface area contributed by atoms with E-state index in [-0.39, 0.29) is 6.04 Å². The molecule has 0 aliphatic rings. The highest BCUT2D eigenvalue weighted by molar-refractivity contribution is 7.25. The Morgan fingerprint density at radius 1 is 0.667 bits per heavy atom. The van der Waals surface area contributed by atoms with Gasteiger partial charge in [-0.1, -0.05) is 0 Å². The summed E-state index contributed by atoms with van der Waals surface area (Å²) in [7, 11) is -6.60. The first kappa shape index (κ1) is 26.2. The fourth-order valence-corrected chi connectivity index (χ4v) is 6.43. The Labute approximate surface area is 140 Å². The lowest BCUT2D eigenvalue weighted by Gasteiger charge is -2.24. The normalized spacial score (nSPS) is 13.5. The second-order valence-corrected chi connectivity index (χ2v) is 14.0. The summed E-state index contributed by atoms with van der Waals surface area (Å²) in [5.41, 5.74) is 0. The minimum atomic E-state index is -5.96. The molecule has 0 spiro atoms. The average Bonchev–Trinajstić information content (AvgIpc) is 2.50. The zero-order valence-electron chi connectivity index (χ0n) is 14.1. The minimum Gasteiger partial charge on any atom is -0.377 e. The molecule has 0 N–H and O–H groups in total. The summed E-state index contributed by atoms with van der Waals surface area (Å²) >= 11 is 0. The number of rotatable bonds is 9. The average molecular weight is 425 g/mol. The van der Waals surface area contributed by atoms with Crippen LogP contribution in [0.2, 0.25) is 6.04 Å². The van der Waals surface area contributed by atoms with Crippen molar-refractivity contribution < 1.29 is 52.1 Å². The van der Waals surface area contributed by atoms with Crippen LogP contribution in [0, 0.1) is 0 Å². The number of alkyl halides is 3. The van der Waals surface area contributed by atoms with Gasteiger partial charge in [0.1, 0.15) is 0 Å². The summed E-state index contributed by atoms with van der Waals surface area (Å²) < 4.78 is 99.3. The van der Waals surface area contributed by atoms with Gasteiger partial charge in [0.25, 0.3) is 0 Å². The van der Waals surface area contributed by atoms with E-state index in [1.807, 2.05) is 0 Å². The molecule has 0 atom stereocenters. The van der Waals surface area contributed by atoms with Crippen LogP contribution in [-0.4, -0.2) is 74.6 Å². The molecule has 0 aromatic rings. The maximum atomic E-state index is 12.2. The molecule has 0 unspecified atom stereocenters. The fraction of sp³-hybridized carbons (Fsp3) is 1.00. The van der Waals surface area contributed by atoms with Crippen LogP contribution < -0.4 is 0 Å². The highest BCUT2D eigenvalue weighted by atomic mass is 29.3. The Morgan fingerprint density at radius 2 is 1.00 bits per heavy atom. The Morgan fingerprint density at radius 3 is 1.12 bits per heavy atom. The lowest BCUT2D eigenvalue weighted by molar-refractivity contribution is -0.132. The van der Waals surface area contributed by atoms with Gasteiger partial charge in [-0.3, -0.25) is 0 Å². The van der Waals surface area contributed by atoms with Crippen LogP contribution in [-0.2, 0) is 26.6 Å². The lowest BCUT2D eigenvalue weighted by Crippen LogP contribution is -2.60. The molecule has 24 heavy (non-hydrogen) atoms. The molecule has 0 saturated heterocycles. The molecule has 148 valence electrons. The SMILES string of the molecule is CO[Si](CCC(F)(F)F)(OC)OC.CO[Si](OC)(OC)[Si](F)(F)F. The third-order valence-electron chi connectivity index (χ3n) is 2.80. The Balaban J connectivity index is 0. The van der Waals surface area contributed by atoms with E-state index in [2.05, 4.69) is 13.3 Å². The summed E-state index contributed by atoms with van der Waals surface area (Å²) in [5.74, 6) is 0. The van der Waals surface area contributed by atoms with Gasteiger partial charge < -0.3 is 26.6 Å². The molecule has 6 nitrogen and oxygen atoms in total. The molecule has 0 amide bonds. The molecule has 0 bridgehead atoms. The Kier molecular flexibility index (Phi) is 11.9. The van der Waals surface area contributed by atoms with Crippen LogP contribution >= 0.6 is 0 Å². The predicted molar refractivity (Wildman–Crippen MR) is 78.1 cm³/mol. The van der Waals surface area contributed by atoms with Crippen molar-refractivity contribution in [1.29, 1.82) is 0 Å². The summed E-state index contributed by atoms with van der Waals surface area (Å²) in [4.78, 5) is 0. The minimum absolute atomic E-state index is 0.250. The van der Waals surface area contributed by atoms with Crippen LogP contribution in [0.5, 0.6) is 0 Å². The number of hydrogen-bond donors (Lipinski definition) is 0. The van der Waals surface area contributed by atoms with Crippen LogP contribution in [0.15, 0.2) is 0 Å². The zero-order valence-corrected chi connectivity index (χ0v) is 17.1. The van der Waals surface area contributed by atoms with Crippen molar-refractivity contribution >= 4 is 25.7 Å². The van der Waals surface area contributed by atoms with Crippen molar-refractivity contribution in [3.05, 3.63) is 0 Å². The first-order valence-electron chi connectivity index (χ1n) is 6.27. The van der Waals surface area contributed by atoms with Crippen LogP contribution in [0.4, 0.5) is 25.5 Å². The third-order valence-corrected chi connectivity index (χ3v) is 11.8. The van der Waals surface area contributed by atoms with Crippen molar-refractivity contribution in [2.75, 3.05) is 42.7 Å². The number of hydrogen-bond acceptors (Lipinski definition) is 6. The van der Waals surface area contributed by atoms with E-state index in [0.717, 1.165) is 21.3 Å². The molecule has 0 aliphatic heterocycles. The van der Waals surface area contributed by atoms with Gasteiger partial charge >= 0.3 is 31.9 Å². The van der Waals surface area contributed by atoms with Gasteiger partial charge in [-0.25, -0.2) is 12.3 Å². The van der Waals surface area contributed by atoms with Crippen LogP contribution in [0.1, 0.15) is 6.42 Å². The zero-order chi connectivity index (χ0) is 19.7. The molecule has 0 rings (SSSR count). The van der Waals surface area contributed by atoms with E-state index in [4.69, 9.17) is 13.3 Å². The van der Waals surface area contributed by atoms with Crippen molar-refractivity contribution in [2.45, 2.75) is 18.6 Å². The Bertz CT molecular complexity index is 318. The quantitative estimate of drug-likeness (QED) is 0.322. The van der Waals surface area contributed by atoms with Crippen molar-refractivity contribution in [3.8, 4) is 0 Å². The van der Waals surface area contributed by atoms with E-state index in [9.17, 15) is 25.5 Å². The van der Waals surface area contributed by atoms with Gasteiger partial charge in [-0.05, 0) is 0 Å². The molecule has 0 heterocycles. The standard InChI is InChI=1S/C6H13F3O3Si.C3H9F3O3Si2/c1-10-13(11-2,12-3)5-4-6(7,8)9;1-7-11(8-2,9-3)10(4,5)6/h4-5H2,1-3H3;1-3H3. The van der Waals surface area contributed by atoms with Crippen LogP contribution in [0.25, 0.3) is 0 Å². The van der Waals surface area contributed by atoms with Crippen molar-refractivity contribution in [1.82, 2.24) is 0 Å². The molecule has 15 heteroatoms. The molecular weight excluding hydrogens is 402 g/mol. The highest BCUT2D eigenvalue weighted by Gasteiger charge is 2.71. The molecular formula is C9H22F6O6Si3. The first-order chi connectivity index (χ1) is 10.8. The van der Waals surface area contributed by atoms with Crippen LogP contribution in [0.3, 0.4) is 0 Å². The summed E-state index contributed by atoms with van der Waals surface area (Å²) in [6.45, 7) is 0. The maximum Gasteiger partial charge on any atom is 0.689 e. The highest BCUT2D eigenvalue weighted by Crippen LogP contribution is 2.27. The smallest absolute Gasteiger partial charge is 0.377 e. The summed E-state index contributed by atoms with van der Waals surface area (Å²) in [5, 5.41) is 0. The molecule has 0 aliphatic carbocycles. The molecule has 0 aromatic heterocycles. The van der Waals surface area contributed by atoms with Gasteiger partial charge in [0, 0.05) is 55.1 Å². The topological polar surface area (TPSA) is 55.4 Å². The van der Waals surface area contributed by atoms with Gasteiger partial charge in [0.2, 0.25) is 0 Å². The maximum absolute atomic E-state index is 12.2. The molecule has 0 saturated carbocycles. The second kappa shape index (κ2) is 10.9. The van der Waals surface area contributed by atoms with E-state index in [0.29, 0.717) is 0 Å². The summed E-state index contributed by atoms with van der Waals surface area (Å²) in [6.07, 6.45) is -5.15. The van der Waals surface area contributed by atoms with E-state index in [1.165, 1.54) is 21.3 Å². The van der Waals surface area contributed by atoms with E-state index < -0.39 is 38.3 Å². The van der Waals surface area contributed by atoms with Crippen molar-refractivity contribution in [2.24, 2.45) is 0 Å². The lowest BCUT2D eigenvalue weighted by atomic mass is 10.5. The third kappa shape index (κ3) is 8.39. The number of halogens is 6. The summed E-state index contributed by atoms with van der Waals surface area (Å²) in [6, 6.07) is -0.250. The monoisotopic (exact) mass is 424 g/mol. The predicted octanol–water partition coefficient (Wildman–Crippen LogP) is 2.61. The Hall–Kier alpha value is -0.00935. The van der Waals surface area contributed by atoms with E-state index >= 15 is 0 Å². The molecule has 0 radical (unpaired) electrons. The van der Waals surface area contributed by atoms with Gasteiger partial charge in [0.05, 0.1) is 0 Å². The molecule has 0 aromatic carbocycles. The van der Waals surface area contributed by atoms with Crippen molar-refractivity contribution in [3.63, 3.8) is 0 Å². The first-order valence-corrected chi connectivity index (χ1v) is 12.6. The second-order valence-electron chi connectivity index (χ2n) is 4.08. The fourth-order valence-electron chi connectivity index (χ4n) is 1.45.